The van der Waals surface area contributed by atoms with E-state index in [1.54, 1.807) is 0 Å². The summed E-state index contributed by atoms with van der Waals surface area (Å²) in [6, 6.07) is 2.07. The van der Waals surface area contributed by atoms with Crippen LogP contribution in [0.5, 0.6) is 0 Å². The van der Waals surface area contributed by atoms with Crippen LogP contribution in [0.2, 0.25) is 0 Å². The number of carbonyl (C=O) groups excluding carboxylic acids is 1. The maximum Gasteiger partial charge on any atom is 0.407 e. The van der Waals surface area contributed by atoms with Gasteiger partial charge in [0.25, 0.3) is 0 Å². The smallest absolute Gasteiger partial charge is 0.407 e. The molecule has 2 atom stereocenters. The summed E-state index contributed by atoms with van der Waals surface area (Å²) >= 11 is 0. The van der Waals surface area contributed by atoms with Gasteiger partial charge in [0.1, 0.15) is 5.60 Å². The predicted octanol–water partition coefficient (Wildman–Crippen LogP) is 2.51. The van der Waals surface area contributed by atoms with Crippen LogP contribution in [0.4, 0.5) is 4.79 Å². The maximum absolute atomic E-state index is 11.9. The average Bonchev–Trinajstić information content (AvgIpc) is 2.96. The molecule has 0 aliphatic carbocycles. The van der Waals surface area contributed by atoms with Crippen molar-refractivity contribution in [2.75, 3.05) is 19.6 Å². The van der Waals surface area contributed by atoms with Crippen molar-refractivity contribution in [3.8, 4) is 0 Å². The van der Waals surface area contributed by atoms with Crippen molar-refractivity contribution in [1.82, 2.24) is 20.0 Å². The van der Waals surface area contributed by atoms with Gasteiger partial charge in [-0.15, -0.1) is 0 Å². The molecule has 1 aliphatic rings. The first kappa shape index (κ1) is 17.8. The number of nitrogens with one attached hydrogen (secondary N) is 1. The topological polar surface area (TPSA) is 59.4 Å². The van der Waals surface area contributed by atoms with Crippen molar-refractivity contribution in [2.45, 2.75) is 58.7 Å². The molecule has 6 nitrogen and oxygen atoms in total. The van der Waals surface area contributed by atoms with Crippen molar-refractivity contribution in [3.05, 3.63) is 18.5 Å². The van der Waals surface area contributed by atoms with Gasteiger partial charge < -0.3 is 15.0 Å². The van der Waals surface area contributed by atoms with Crippen LogP contribution in [-0.2, 0) is 11.3 Å². The van der Waals surface area contributed by atoms with Gasteiger partial charge in [-0.1, -0.05) is 0 Å². The van der Waals surface area contributed by atoms with Crippen LogP contribution in [0.15, 0.2) is 18.5 Å². The summed E-state index contributed by atoms with van der Waals surface area (Å²) in [6.07, 6.45) is 5.80. The van der Waals surface area contributed by atoms with Crippen LogP contribution < -0.4 is 5.32 Å². The van der Waals surface area contributed by atoms with Crippen LogP contribution in [0.3, 0.4) is 0 Å². The highest BCUT2D eigenvalue weighted by Crippen LogP contribution is 2.20. The fourth-order valence-corrected chi connectivity index (χ4v) is 2.99. The Kier molecular flexibility index (Phi) is 6.04. The molecule has 0 unspecified atom stereocenters. The van der Waals surface area contributed by atoms with E-state index in [0.29, 0.717) is 5.92 Å². The Balaban J connectivity index is 1.76. The van der Waals surface area contributed by atoms with E-state index in [1.807, 2.05) is 43.9 Å². The van der Waals surface area contributed by atoms with Crippen LogP contribution in [0, 0.1) is 5.92 Å². The SMILES string of the molecule is C[C@@H](NC(=O)OC(C)(C)C)[C@H]1CCCN(CCn2cccn2)C1. The van der Waals surface area contributed by atoms with Gasteiger partial charge in [0, 0.05) is 31.5 Å². The molecule has 0 radical (unpaired) electrons. The highest BCUT2D eigenvalue weighted by atomic mass is 16.6. The van der Waals surface area contributed by atoms with Gasteiger partial charge in [0.2, 0.25) is 0 Å². The Morgan fingerprint density at radius 2 is 2.22 bits per heavy atom. The van der Waals surface area contributed by atoms with Crippen molar-refractivity contribution >= 4 is 6.09 Å². The fraction of sp³-hybridized carbons (Fsp3) is 0.765. The number of amides is 1. The molecule has 2 rings (SSSR count). The molecule has 2 heterocycles. The van der Waals surface area contributed by atoms with Crippen molar-refractivity contribution in [3.63, 3.8) is 0 Å². The van der Waals surface area contributed by atoms with E-state index in [9.17, 15) is 4.79 Å². The Hall–Kier alpha value is -1.56. The number of alkyl carbamates (subject to hydrolysis) is 1. The molecule has 1 N–H and O–H groups in total. The number of hydrogen-bond donors (Lipinski definition) is 1. The lowest BCUT2D eigenvalue weighted by atomic mass is 9.91. The van der Waals surface area contributed by atoms with Crippen LogP contribution in [0.1, 0.15) is 40.5 Å². The normalized spacial score (nSPS) is 21.0. The number of rotatable bonds is 5. The van der Waals surface area contributed by atoms with Crippen LogP contribution >= 0.6 is 0 Å². The zero-order valence-electron chi connectivity index (χ0n) is 14.8. The zero-order chi connectivity index (χ0) is 16.9. The number of hydrogen-bond acceptors (Lipinski definition) is 4. The third-order valence-electron chi connectivity index (χ3n) is 4.20. The van der Waals surface area contributed by atoms with Crippen molar-refractivity contribution in [2.24, 2.45) is 5.92 Å². The van der Waals surface area contributed by atoms with Crippen molar-refractivity contribution < 1.29 is 9.53 Å². The molecule has 6 heteroatoms. The standard InChI is InChI=1S/C17H30N4O2/c1-14(19-16(22)23-17(2,3)4)15-7-5-9-20(13-15)11-12-21-10-6-8-18-21/h6,8,10,14-15H,5,7,9,11-13H2,1-4H3,(H,19,22)/t14-,15+/m1/s1. The number of likely N-dealkylation sites (tertiary alicyclic amines) is 1. The van der Waals surface area contributed by atoms with E-state index in [2.05, 4.69) is 22.2 Å². The number of aromatic nitrogens is 2. The van der Waals surface area contributed by atoms with Crippen LogP contribution in [0.25, 0.3) is 0 Å². The highest BCUT2D eigenvalue weighted by molar-refractivity contribution is 5.68. The Bertz CT molecular complexity index is 481. The number of nitrogens with zero attached hydrogens (tertiary/aromatic N) is 3. The molecule has 0 bridgehead atoms. The Morgan fingerprint density at radius 3 is 2.87 bits per heavy atom. The van der Waals surface area contributed by atoms with Gasteiger partial charge in [0.05, 0.1) is 6.54 Å². The minimum Gasteiger partial charge on any atom is -0.444 e. The molecule has 1 aromatic heterocycles. The minimum absolute atomic E-state index is 0.123. The highest BCUT2D eigenvalue weighted by Gasteiger charge is 2.27. The number of piperidine rings is 1. The van der Waals surface area contributed by atoms with E-state index in [4.69, 9.17) is 4.74 Å². The summed E-state index contributed by atoms with van der Waals surface area (Å²) in [7, 11) is 0. The molecule has 1 aromatic rings. The first-order valence-corrected chi connectivity index (χ1v) is 8.53. The fourth-order valence-electron chi connectivity index (χ4n) is 2.99. The third-order valence-corrected chi connectivity index (χ3v) is 4.20. The van der Waals surface area contributed by atoms with E-state index in [0.717, 1.165) is 32.6 Å². The van der Waals surface area contributed by atoms with E-state index in [1.165, 1.54) is 6.42 Å². The molecule has 1 aliphatic heterocycles. The largest absolute Gasteiger partial charge is 0.444 e. The van der Waals surface area contributed by atoms with Crippen LogP contribution in [-0.4, -0.2) is 52.1 Å². The molecule has 1 fully saturated rings. The quantitative estimate of drug-likeness (QED) is 0.905. The second-order valence-electron chi connectivity index (χ2n) is 7.41. The van der Waals surface area contributed by atoms with Crippen molar-refractivity contribution in [1.29, 1.82) is 0 Å². The van der Waals surface area contributed by atoms with Gasteiger partial charge in [-0.25, -0.2) is 4.79 Å². The third kappa shape index (κ3) is 6.22. The molecular weight excluding hydrogens is 292 g/mol. The van der Waals surface area contributed by atoms with Gasteiger partial charge >= 0.3 is 6.09 Å². The molecule has 130 valence electrons. The van der Waals surface area contributed by atoms with Gasteiger partial charge in [0.15, 0.2) is 0 Å². The monoisotopic (exact) mass is 322 g/mol. The Morgan fingerprint density at radius 1 is 1.43 bits per heavy atom. The van der Waals surface area contributed by atoms with Gasteiger partial charge in [-0.05, 0) is 59.1 Å². The van der Waals surface area contributed by atoms with E-state index >= 15 is 0 Å². The molecule has 0 spiro atoms. The summed E-state index contributed by atoms with van der Waals surface area (Å²) in [6.45, 7) is 11.8. The van der Waals surface area contributed by atoms with Gasteiger partial charge in [-0.3, -0.25) is 4.68 Å². The lowest BCUT2D eigenvalue weighted by Gasteiger charge is -2.36. The second kappa shape index (κ2) is 7.81. The molecule has 1 saturated heterocycles. The molecule has 1 amide bonds. The van der Waals surface area contributed by atoms with E-state index in [-0.39, 0.29) is 12.1 Å². The molecule has 0 aromatic carbocycles. The Labute approximate surface area is 139 Å². The summed E-state index contributed by atoms with van der Waals surface area (Å²) in [5, 5.41) is 7.24. The molecular formula is C17H30N4O2. The second-order valence-corrected chi connectivity index (χ2v) is 7.41. The number of ether oxygens (including phenoxy) is 1. The summed E-state index contributed by atoms with van der Waals surface area (Å²) < 4.78 is 7.31. The summed E-state index contributed by atoms with van der Waals surface area (Å²) in [4.78, 5) is 14.4. The average molecular weight is 322 g/mol. The lowest BCUT2D eigenvalue weighted by molar-refractivity contribution is 0.0467. The molecule has 23 heavy (non-hydrogen) atoms. The summed E-state index contributed by atoms with van der Waals surface area (Å²) in [5.41, 5.74) is -0.452. The number of carbonyl (C=O) groups is 1. The zero-order valence-corrected chi connectivity index (χ0v) is 14.8. The first-order valence-electron chi connectivity index (χ1n) is 8.53. The maximum atomic E-state index is 11.9. The lowest BCUT2D eigenvalue weighted by Crippen LogP contribution is -2.47. The van der Waals surface area contributed by atoms with Gasteiger partial charge in [-0.2, -0.15) is 5.10 Å². The first-order chi connectivity index (χ1) is 10.8. The predicted molar refractivity (Wildman–Crippen MR) is 90.2 cm³/mol. The van der Waals surface area contributed by atoms with E-state index < -0.39 is 5.60 Å². The minimum atomic E-state index is -0.452. The summed E-state index contributed by atoms with van der Waals surface area (Å²) in [5.74, 6) is 0.467. The molecule has 0 saturated carbocycles.